The molecule has 0 unspecified atom stereocenters. The third kappa shape index (κ3) is 1.00. The summed E-state index contributed by atoms with van der Waals surface area (Å²) in [4.78, 5) is 0. The predicted octanol–water partition coefficient (Wildman–Crippen LogP) is -1.56. The minimum absolute atomic E-state index is 0.0449. The van der Waals surface area contributed by atoms with Crippen LogP contribution in [0.15, 0.2) is 0 Å². The zero-order valence-electron chi connectivity index (χ0n) is 7.36. The molecule has 68 valence electrons. The molecule has 1 aromatic rings. The van der Waals surface area contributed by atoms with E-state index >= 15 is 0 Å². The van der Waals surface area contributed by atoms with E-state index in [4.69, 9.17) is 15.7 Å². The van der Waals surface area contributed by atoms with Gasteiger partial charge in [0.2, 0.25) is 0 Å². The number of rotatable bonds is 0. The van der Waals surface area contributed by atoms with E-state index in [1.165, 1.54) is 0 Å². The quantitative estimate of drug-likeness (QED) is 0.339. The van der Waals surface area contributed by atoms with E-state index in [0.717, 1.165) is 5.06 Å². The smallest absolute Gasteiger partial charge is 0.134 e. The monoisotopic (exact) mass is 187 g/mol. The summed E-state index contributed by atoms with van der Waals surface area (Å²) in [7, 11) is 10.9. The summed E-state index contributed by atoms with van der Waals surface area (Å²) < 4.78 is 0. The number of fused-ring (bicyclic) bond motifs is 1. The summed E-state index contributed by atoms with van der Waals surface area (Å²) in [6.07, 6.45) is 0.426. The van der Waals surface area contributed by atoms with Crippen molar-refractivity contribution in [1.82, 2.24) is 0 Å². The molecular formula is C8H7B2NO3. The molecule has 1 heterocycles. The van der Waals surface area contributed by atoms with E-state index in [-0.39, 0.29) is 28.1 Å². The van der Waals surface area contributed by atoms with Crippen LogP contribution in [0.25, 0.3) is 0 Å². The minimum Gasteiger partial charge on any atom is -0.508 e. The Balaban J connectivity index is 2.77. The van der Waals surface area contributed by atoms with Crippen LogP contribution < -0.4 is 16.0 Å². The molecule has 0 spiro atoms. The molecule has 4 nitrogen and oxygen atoms in total. The Hall–Kier alpha value is -1.29. The summed E-state index contributed by atoms with van der Waals surface area (Å²) in [6.45, 7) is 0.305. The lowest BCUT2D eigenvalue weighted by molar-refractivity contribution is 0.261. The number of aromatic hydroxyl groups is 2. The van der Waals surface area contributed by atoms with Gasteiger partial charge in [-0.3, -0.25) is 10.3 Å². The van der Waals surface area contributed by atoms with Crippen molar-refractivity contribution in [3.05, 3.63) is 5.56 Å². The highest BCUT2D eigenvalue weighted by Crippen LogP contribution is 2.37. The van der Waals surface area contributed by atoms with E-state index in [1.807, 2.05) is 0 Å². The summed E-state index contributed by atoms with van der Waals surface area (Å²) in [6, 6.07) is 0. The molecule has 0 saturated heterocycles. The van der Waals surface area contributed by atoms with Gasteiger partial charge in [-0.15, -0.1) is 0 Å². The summed E-state index contributed by atoms with van der Waals surface area (Å²) in [5, 5.41) is 29.4. The Morgan fingerprint density at radius 2 is 1.64 bits per heavy atom. The number of anilines is 1. The minimum atomic E-state index is -0.282. The van der Waals surface area contributed by atoms with Gasteiger partial charge < -0.3 is 10.2 Å². The number of phenolic OH excluding ortho intramolecular Hbond substituents is 2. The Bertz CT molecular complexity index is 408. The largest absolute Gasteiger partial charge is 0.508 e. The lowest BCUT2D eigenvalue weighted by atomic mass is 9.77. The first-order valence-corrected chi connectivity index (χ1v) is 4.12. The van der Waals surface area contributed by atoms with Crippen molar-refractivity contribution in [3.63, 3.8) is 0 Å². The zero-order valence-corrected chi connectivity index (χ0v) is 7.36. The number of hydroxylamine groups is 1. The Kier molecular flexibility index (Phi) is 1.89. The molecule has 6 heteroatoms. The Morgan fingerprint density at radius 3 is 2.29 bits per heavy atom. The lowest BCUT2D eigenvalue weighted by Crippen LogP contribution is -2.28. The van der Waals surface area contributed by atoms with Crippen LogP contribution in [0.4, 0.5) is 5.69 Å². The van der Waals surface area contributed by atoms with Crippen LogP contribution in [0.1, 0.15) is 5.56 Å². The second-order valence-electron chi connectivity index (χ2n) is 3.22. The molecule has 0 aliphatic carbocycles. The molecule has 2 rings (SSSR count). The summed E-state index contributed by atoms with van der Waals surface area (Å²) in [5.74, 6) is -0.442. The highest BCUT2D eigenvalue weighted by Gasteiger charge is 2.27. The number of hydrogen-bond donors (Lipinski definition) is 3. The molecule has 0 bridgehead atoms. The van der Waals surface area contributed by atoms with Crippen LogP contribution >= 0.6 is 0 Å². The SMILES string of the molecule is [B]c1c([B])c(O)c2c(c1O)CCN2O. The topological polar surface area (TPSA) is 63.9 Å². The number of nitrogens with zero attached hydrogens (tertiary/aromatic N) is 1. The first-order valence-electron chi connectivity index (χ1n) is 4.12. The standard InChI is InChI=1S/C8H7B2NO3/c9-4-5(10)8(13)6-3(7(4)12)1-2-11(6)14/h12-14H,1-2H2. The molecule has 0 atom stereocenters. The first kappa shape index (κ1) is 9.27. The zero-order chi connectivity index (χ0) is 10.5. The molecule has 4 radical (unpaired) electrons. The van der Waals surface area contributed by atoms with Gasteiger partial charge in [-0.1, -0.05) is 10.9 Å². The van der Waals surface area contributed by atoms with Crippen LogP contribution in [-0.2, 0) is 6.42 Å². The van der Waals surface area contributed by atoms with Gasteiger partial charge in [-0.05, 0) is 6.42 Å². The van der Waals surface area contributed by atoms with Crippen molar-refractivity contribution in [3.8, 4) is 11.5 Å². The van der Waals surface area contributed by atoms with Crippen molar-refractivity contribution < 1.29 is 15.4 Å². The highest BCUT2D eigenvalue weighted by atomic mass is 16.5. The fourth-order valence-electron chi connectivity index (χ4n) is 1.64. The number of phenols is 2. The fourth-order valence-corrected chi connectivity index (χ4v) is 1.64. The van der Waals surface area contributed by atoms with E-state index in [9.17, 15) is 15.4 Å². The van der Waals surface area contributed by atoms with E-state index in [2.05, 4.69) is 0 Å². The molecule has 0 saturated carbocycles. The van der Waals surface area contributed by atoms with Crippen LogP contribution in [0.5, 0.6) is 11.5 Å². The second kappa shape index (κ2) is 2.85. The molecular weight excluding hydrogens is 180 g/mol. The second-order valence-corrected chi connectivity index (χ2v) is 3.22. The van der Waals surface area contributed by atoms with E-state index in [1.54, 1.807) is 0 Å². The molecule has 0 fully saturated rings. The van der Waals surface area contributed by atoms with Crippen LogP contribution in [0.2, 0.25) is 0 Å². The van der Waals surface area contributed by atoms with Gasteiger partial charge in [0.05, 0.1) is 0 Å². The predicted molar refractivity (Wildman–Crippen MR) is 53.4 cm³/mol. The van der Waals surface area contributed by atoms with E-state index < -0.39 is 0 Å². The van der Waals surface area contributed by atoms with Crippen molar-refractivity contribution in [2.45, 2.75) is 6.42 Å². The van der Waals surface area contributed by atoms with Crippen LogP contribution in [0.3, 0.4) is 0 Å². The average Bonchev–Trinajstić information content (AvgIpc) is 2.54. The maximum absolute atomic E-state index is 9.59. The molecule has 1 aliphatic heterocycles. The normalized spacial score (nSPS) is 14.5. The molecule has 14 heavy (non-hydrogen) atoms. The Labute approximate surface area is 83.6 Å². The molecule has 0 amide bonds. The van der Waals surface area contributed by atoms with Gasteiger partial charge >= 0.3 is 0 Å². The highest BCUT2D eigenvalue weighted by molar-refractivity contribution is 6.51. The van der Waals surface area contributed by atoms with Crippen LogP contribution in [0, 0.1) is 0 Å². The van der Waals surface area contributed by atoms with Crippen molar-refractivity contribution in [2.24, 2.45) is 0 Å². The third-order valence-corrected chi connectivity index (χ3v) is 2.43. The van der Waals surface area contributed by atoms with E-state index in [0.29, 0.717) is 18.5 Å². The molecule has 0 aromatic heterocycles. The van der Waals surface area contributed by atoms with Crippen molar-refractivity contribution in [2.75, 3.05) is 11.6 Å². The fraction of sp³-hybridized carbons (Fsp3) is 0.250. The third-order valence-electron chi connectivity index (χ3n) is 2.43. The van der Waals surface area contributed by atoms with Crippen LogP contribution in [-0.4, -0.2) is 37.7 Å². The van der Waals surface area contributed by atoms with Crippen molar-refractivity contribution in [1.29, 1.82) is 0 Å². The number of benzene rings is 1. The number of hydrogen-bond acceptors (Lipinski definition) is 4. The Morgan fingerprint density at radius 1 is 1.07 bits per heavy atom. The maximum atomic E-state index is 9.59. The summed E-state index contributed by atoms with van der Waals surface area (Å²) in [5.41, 5.74) is 0.421. The van der Waals surface area contributed by atoms with Crippen molar-refractivity contribution >= 4 is 32.3 Å². The first-order chi connectivity index (χ1) is 6.54. The van der Waals surface area contributed by atoms with Gasteiger partial charge in [0.25, 0.3) is 0 Å². The lowest BCUT2D eigenvalue weighted by Gasteiger charge is -2.16. The van der Waals surface area contributed by atoms with Gasteiger partial charge in [0.1, 0.15) is 32.9 Å². The van der Waals surface area contributed by atoms with Gasteiger partial charge in [0.15, 0.2) is 0 Å². The van der Waals surface area contributed by atoms with Gasteiger partial charge in [0, 0.05) is 12.1 Å². The molecule has 3 N–H and O–H groups in total. The molecule has 1 aromatic carbocycles. The molecule has 1 aliphatic rings. The summed E-state index contributed by atoms with van der Waals surface area (Å²) >= 11 is 0. The van der Waals surface area contributed by atoms with Gasteiger partial charge in [-0.25, -0.2) is 0 Å². The van der Waals surface area contributed by atoms with Gasteiger partial charge in [-0.2, -0.15) is 0 Å². The average molecular weight is 187 g/mol. The maximum Gasteiger partial charge on any atom is 0.134 e.